The summed E-state index contributed by atoms with van der Waals surface area (Å²) in [4.78, 5) is 31.6. The number of anilines is 3. The molecule has 3 aromatic rings. The van der Waals surface area contributed by atoms with Crippen LogP contribution in [0.2, 0.25) is 0 Å². The molecule has 5 heteroatoms. The van der Waals surface area contributed by atoms with Crippen molar-refractivity contribution in [3.05, 3.63) is 83.7 Å². The van der Waals surface area contributed by atoms with Crippen molar-refractivity contribution in [2.75, 3.05) is 10.2 Å². The van der Waals surface area contributed by atoms with Gasteiger partial charge in [0.15, 0.2) is 0 Å². The zero-order valence-electron chi connectivity index (χ0n) is 13.6. The van der Waals surface area contributed by atoms with Crippen molar-refractivity contribution in [1.29, 1.82) is 0 Å². The molecule has 2 amide bonds. The zero-order chi connectivity index (χ0) is 17.4. The van der Waals surface area contributed by atoms with Gasteiger partial charge in [0.25, 0.3) is 11.8 Å². The molecule has 2 aromatic carbocycles. The van der Waals surface area contributed by atoms with Crippen LogP contribution in [0.25, 0.3) is 0 Å². The van der Waals surface area contributed by atoms with Crippen molar-refractivity contribution in [1.82, 2.24) is 4.98 Å². The number of rotatable bonds is 1. The Kier molecular flexibility index (Phi) is 3.54. The molecule has 0 saturated heterocycles. The molecular weight excluding hydrogens is 314 g/mol. The number of amides is 2. The minimum Gasteiger partial charge on any atom is -0.320 e. The number of nitrogens with zero attached hydrogens (tertiary/aromatic N) is 2. The minimum absolute atomic E-state index is 0.198. The van der Waals surface area contributed by atoms with Crippen molar-refractivity contribution >= 4 is 28.9 Å². The van der Waals surface area contributed by atoms with E-state index in [0.29, 0.717) is 28.2 Å². The van der Waals surface area contributed by atoms with E-state index in [1.165, 1.54) is 0 Å². The van der Waals surface area contributed by atoms with Crippen LogP contribution in [0.5, 0.6) is 0 Å². The van der Waals surface area contributed by atoms with Gasteiger partial charge in [-0.1, -0.05) is 24.3 Å². The summed E-state index contributed by atoms with van der Waals surface area (Å²) in [5, 5.41) is 2.88. The third kappa shape index (κ3) is 2.46. The molecule has 122 valence electrons. The number of benzene rings is 2. The van der Waals surface area contributed by atoms with Gasteiger partial charge in [0.05, 0.1) is 22.6 Å². The standard InChI is InChI=1S/C20H15N3O2/c1-13-12-21-11-10-14(13)20(25)23-17-8-4-2-6-15(17)19(24)22-16-7-3-5-9-18(16)23/h2-12H,1H3,(H,22,24). The number of para-hydroxylation sites is 3. The summed E-state index contributed by atoms with van der Waals surface area (Å²) in [5.74, 6) is -0.430. The number of nitrogens with one attached hydrogen (secondary N) is 1. The van der Waals surface area contributed by atoms with Crippen LogP contribution in [0.3, 0.4) is 0 Å². The lowest BCUT2D eigenvalue weighted by Crippen LogP contribution is -2.27. The fourth-order valence-electron chi connectivity index (χ4n) is 3.01. The number of aryl methyl sites for hydroxylation is 1. The van der Waals surface area contributed by atoms with Gasteiger partial charge in [-0.05, 0) is 42.8 Å². The lowest BCUT2D eigenvalue weighted by atomic mass is 10.1. The van der Waals surface area contributed by atoms with E-state index in [2.05, 4.69) is 10.3 Å². The minimum atomic E-state index is -0.232. The largest absolute Gasteiger partial charge is 0.320 e. The molecule has 1 N–H and O–H groups in total. The molecule has 5 nitrogen and oxygen atoms in total. The molecule has 0 bridgehead atoms. The van der Waals surface area contributed by atoms with Crippen molar-refractivity contribution in [3.63, 3.8) is 0 Å². The highest BCUT2D eigenvalue weighted by Crippen LogP contribution is 2.38. The number of hydrogen-bond donors (Lipinski definition) is 1. The highest BCUT2D eigenvalue weighted by molar-refractivity contribution is 6.21. The number of pyridine rings is 1. The third-order valence-corrected chi connectivity index (χ3v) is 4.24. The Balaban J connectivity index is 1.98. The maximum atomic E-state index is 13.4. The summed E-state index contributed by atoms with van der Waals surface area (Å²) in [6.07, 6.45) is 3.26. The highest BCUT2D eigenvalue weighted by atomic mass is 16.2. The first-order valence-corrected chi connectivity index (χ1v) is 7.91. The number of hydrogen-bond acceptors (Lipinski definition) is 3. The SMILES string of the molecule is Cc1cnccc1C(=O)N1c2ccccc2NC(=O)c2ccccc21. The maximum absolute atomic E-state index is 13.4. The first kappa shape index (κ1) is 15.1. The van der Waals surface area contributed by atoms with E-state index in [1.54, 1.807) is 47.6 Å². The molecule has 0 radical (unpaired) electrons. The van der Waals surface area contributed by atoms with Crippen LogP contribution in [0.15, 0.2) is 67.0 Å². The molecule has 0 aliphatic carbocycles. The Labute approximate surface area is 144 Å². The van der Waals surface area contributed by atoms with Crippen LogP contribution >= 0.6 is 0 Å². The van der Waals surface area contributed by atoms with E-state index in [-0.39, 0.29) is 11.8 Å². The second-order valence-electron chi connectivity index (χ2n) is 5.82. The topological polar surface area (TPSA) is 62.3 Å². The van der Waals surface area contributed by atoms with Gasteiger partial charge >= 0.3 is 0 Å². The molecule has 0 spiro atoms. The number of carbonyl (C=O) groups is 2. The predicted octanol–water partition coefficient (Wildman–Crippen LogP) is 3.93. The zero-order valence-corrected chi connectivity index (χ0v) is 13.6. The van der Waals surface area contributed by atoms with Crippen LogP contribution in [-0.4, -0.2) is 16.8 Å². The third-order valence-electron chi connectivity index (χ3n) is 4.24. The van der Waals surface area contributed by atoms with E-state index < -0.39 is 0 Å². The molecule has 2 heterocycles. The average Bonchev–Trinajstić information content (AvgIpc) is 2.76. The maximum Gasteiger partial charge on any atom is 0.263 e. The monoisotopic (exact) mass is 329 g/mol. The van der Waals surface area contributed by atoms with Crippen LogP contribution in [-0.2, 0) is 0 Å². The fraction of sp³-hybridized carbons (Fsp3) is 0.0500. The van der Waals surface area contributed by atoms with E-state index in [1.807, 2.05) is 31.2 Å². The number of fused-ring (bicyclic) bond motifs is 2. The Morgan fingerprint density at radius 1 is 1.00 bits per heavy atom. The Morgan fingerprint density at radius 2 is 1.72 bits per heavy atom. The molecule has 0 unspecified atom stereocenters. The van der Waals surface area contributed by atoms with Gasteiger partial charge in [-0.3, -0.25) is 19.5 Å². The van der Waals surface area contributed by atoms with Crippen LogP contribution in [0.4, 0.5) is 17.1 Å². The quantitative estimate of drug-likeness (QED) is 0.735. The molecule has 0 saturated carbocycles. The molecule has 0 fully saturated rings. The van der Waals surface area contributed by atoms with Crippen LogP contribution in [0, 0.1) is 6.92 Å². The second kappa shape index (κ2) is 5.87. The molecule has 0 atom stereocenters. The molecule has 1 aromatic heterocycles. The summed E-state index contributed by atoms with van der Waals surface area (Å²) < 4.78 is 0. The van der Waals surface area contributed by atoms with Gasteiger partial charge in [-0.15, -0.1) is 0 Å². The molecule has 25 heavy (non-hydrogen) atoms. The normalized spacial score (nSPS) is 12.7. The highest BCUT2D eigenvalue weighted by Gasteiger charge is 2.30. The number of carbonyl (C=O) groups excluding carboxylic acids is 2. The summed E-state index contributed by atoms with van der Waals surface area (Å²) in [5.41, 5.74) is 3.59. The van der Waals surface area contributed by atoms with E-state index in [9.17, 15) is 9.59 Å². The molecule has 4 rings (SSSR count). The van der Waals surface area contributed by atoms with E-state index in [4.69, 9.17) is 0 Å². The average molecular weight is 329 g/mol. The Morgan fingerprint density at radius 3 is 2.52 bits per heavy atom. The van der Waals surface area contributed by atoms with E-state index >= 15 is 0 Å². The van der Waals surface area contributed by atoms with Gasteiger partial charge in [0, 0.05) is 18.0 Å². The first-order chi connectivity index (χ1) is 12.2. The van der Waals surface area contributed by atoms with Crippen LogP contribution < -0.4 is 10.2 Å². The van der Waals surface area contributed by atoms with Crippen molar-refractivity contribution < 1.29 is 9.59 Å². The van der Waals surface area contributed by atoms with Gasteiger partial charge in [0.1, 0.15) is 0 Å². The lowest BCUT2D eigenvalue weighted by Gasteiger charge is -2.24. The lowest BCUT2D eigenvalue weighted by molar-refractivity contribution is 0.0998. The van der Waals surface area contributed by atoms with Gasteiger partial charge in [-0.25, -0.2) is 0 Å². The summed E-state index contributed by atoms with van der Waals surface area (Å²) in [6, 6.07) is 16.1. The van der Waals surface area contributed by atoms with Crippen molar-refractivity contribution in [2.24, 2.45) is 0 Å². The van der Waals surface area contributed by atoms with Gasteiger partial charge in [-0.2, -0.15) is 0 Å². The smallest absolute Gasteiger partial charge is 0.263 e. The fourth-order valence-corrected chi connectivity index (χ4v) is 3.01. The van der Waals surface area contributed by atoms with Gasteiger partial charge < -0.3 is 5.32 Å². The van der Waals surface area contributed by atoms with Crippen LogP contribution in [0.1, 0.15) is 26.3 Å². The molecular formula is C20H15N3O2. The number of aromatic nitrogens is 1. The van der Waals surface area contributed by atoms with Crippen molar-refractivity contribution in [3.8, 4) is 0 Å². The van der Waals surface area contributed by atoms with Crippen molar-refractivity contribution in [2.45, 2.75) is 6.92 Å². The summed E-state index contributed by atoms with van der Waals surface area (Å²) in [7, 11) is 0. The molecule has 1 aliphatic rings. The summed E-state index contributed by atoms with van der Waals surface area (Å²) >= 11 is 0. The predicted molar refractivity (Wildman–Crippen MR) is 96.3 cm³/mol. The second-order valence-corrected chi connectivity index (χ2v) is 5.82. The Hall–Kier alpha value is -3.47. The Bertz CT molecular complexity index is 997. The first-order valence-electron chi connectivity index (χ1n) is 7.91. The van der Waals surface area contributed by atoms with E-state index in [0.717, 1.165) is 5.56 Å². The molecule has 1 aliphatic heterocycles. The summed E-state index contributed by atoms with van der Waals surface area (Å²) in [6.45, 7) is 1.85. The van der Waals surface area contributed by atoms with Gasteiger partial charge in [0.2, 0.25) is 0 Å².